The number of benzene rings is 1. The molecule has 5 nitrogen and oxygen atoms in total. The van der Waals surface area contributed by atoms with E-state index in [1.807, 2.05) is 24.3 Å². The summed E-state index contributed by atoms with van der Waals surface area (Å²) in [5.74, 6) is 6.89. The fraction of sp³-hybridized carbons (Fsp3) is 0.375. The zero-order valence-corrected chi connectivity index (χ0v) is 12.7. The number of nitrogens with zero attached hydrogens (tertiary/aromatic N) is 1. The van der Waals surface area contributed by atoms with Gasteiger partial charge in [-0.3, -0.25) is 4.79 Å². The molecule has 0 aliphatic rings. The van der Waals surface area contributed by atoms with Crippen molar-refractivity contribution >= 4 is 22.5 Å². The molecule has 2 rings (SSSR count). The van der Waals surface area contributed by atoms with Crippen LogP contribution in [-0.4, -0.2) is 17.4 Å². The topological polar surface area (TPSA) is 80.0 Å². The van der Waals surface area contributed by atoms with E-state index in [1.54, 1.807) is 6.20 Å². The third-order valence-electron chi connectivity index (χ3n) is 3.90. The molecule has 0 saturated heterocycles. The standard InChI is InChI=1S/C16H22N4O/c1-10(2)11(3)8-19-16(21)14-9-18-15(20-17)13-7-5-4-6-12(13)14/h4-7,9-11H,8,17H2,1-3H3,(H,18,20)(H,19,21). The number of aromatic nitrogens is 1. The summed E-state index contributed by atoms with van der Waals surface area (Å²) >= 11 is 0. The average molecular weight is 286 g/mol. The number of nitrogen functional groups attached to an aromatic ring is 1. The minimum atomic E-state index is -0.102. The van der Waals surface area contributed by atoms with Crippen LogP contribution in [0, 0.1) is 11.8 Å². The van der Waals surface area contributed by atoms with Crippen LogP contribution in [-0.2, 0) is 0 Å². The highest BCUT2D eigenvalue weighted by Gasteiger charge is 2.14. The van der Waals surface area contributed by atoms with Gasteiger partial charge in [0.2, 0.25) is 0 Å². The Morgan fingerprint density at radius 3 is 2.52 bits per heavy atom. The van der Waals surface area contributed by atoms with E-state index in [-0.39, 0.29) is 5.91 Å². The number of carbonyl (C=O) groups excluding carboxylic acids is 1. The van der Waals surface area contributed by atoms with Crippen molar-refractivity contribution in [3.8, 4) is 0 Å². The van der Waals surface area contributed by atoms with E-state index in [0.29, 0.717) is 29.8 Å². The van der Waals surface area contributed by atoms with Crippen LogP contribution in [0.4, 0.5) is 5.82 Å². The highest BCUT2D eigenvalue weighted by Crippen LogP contribution is 2.23. The van der Waals surface area contributed by atoms with Crippen LogP contribution in [0.25, 0.3) is 10.8 Å². The van der Waals surface area contributed by atoms with Crippen LogP contribution in [0.1, 0.15) is 31.1 Å². The first kappa shape index (κ1) is 15.3. The smallest absolute Gasteiger partial charge is 0.253 e. The first-order chi connectivity index (χ1) is 10.0. The van der Waals surface area contributed by atoms with Gasteiger partial charge in [0.1, 0.15) is 5.82 Å². The number of hydrogen-bond donors (Lipinski definition) is 3. The van der Waals surface area contributed by atoms with Gasteiger partial charge in [-0.1, -0.05) is 45.0 Å². The molecule has 1 aromatic heterocycles. The Morgan fingerprint density at radius 2 is 1.90 bits per heavy atom. The lowest BCUT2D eigenvalue weighted by Gasteiger charge is -2.16. The molecular formula is C16H22N4O. The lowest BCUT2D eigenvalue weighted by Crippen LogP contribution is -2.30. The van der Waals surface area contributed by atoms with Crippen molar-refractivity contribution in [2.45, 2.75) is 20.8 Å². The molecular weight excluding hydrogens is 264 g/mol. The lowest BCUT2D eigenvalue weighted by molar-refractivity contribution is 0.0946. The summed E-state index contributed by atoms with van der Waals surface area (Å²) in [4.78, 5) is 16.6. The second-order valence-corrected chi connectivity index (χ2v) is 5.64. The summed E-state index contributed by atoms with van der Waals surface area (Å²) in [6.07, 6.45) is 1.56. The van der Waals surface area contributed by atoms with Crippen molar-refractivity contribution in [2.24, 2.45) is 17.7 Å². The third kappa shape index (κ3) is 3.31. The number of fused-ring (bicyclic) bond motifs is 1. The van der Waals surface area contributed by atoms with Crippen LogP contribution in [0.5, 0.6) is 0 Å². The second kappa shape index (κ2) is 6.54. The normalized spacial score (nSPS) is 12.4. The molecule has 0 fully saturated rings. The molecule has 0 saturated carbocycles. The Kier molecular flexibility index (Phi) is 4.75. The van der Waals surface area contributed by atoms with Gasteiger partial charge in [-0.2, -0.15) is 0 Å². The van der Waals surface area contributed by atoms with Gasteiger partial charge in [-0.05, 0) is 17.2 Å². The Morgan fingerprint density at radius 1 is 1.24 bits per heavy atom. The monoisotopic (exact) mass is 286 g/mol. The number of hydrogen-bond acceptors (Lipinski definition) is 4. The van der Waals surface area contributed by atoms with E-state index in [9.17, 15) is 4.79 Å². The van der Waals surface area contributed by atoms with Crippen LogP contribution >= 0.6 is 0 Å². The predicted molar refractivity (Wildman–Crippen MR) is 85.9 cm³/mol. The molecule has 0 radical (unpaired) electrons. The van der Waals surface area contributed by atoms with Crippen molar-refractivity contribution in [3.63, 3.8) is 0 Å². The van der Waals surface area contributed by atoms with E-state index in [4.69, 9.17) is 5.84 Å². The molecule has 1 amide bonds. The Labute approximate surface area is 124 Å². The van der Waals surface area contributed by atoms with Gasteiger partial charge in [0.25, 0.3) is 5.91 Å². The van der Waals surface area contributed by atoms with Gasteiger partial charge in [-0.25, -0.2) is 10.8 Å². The number of nitrogens with two attached hydrogens (primary N) is 1. The first-order valence-electron chi connectivity index (χ1n) is 7.17. The minimum absolute atomic E-state index is 0.102. The van der Waals surface area contributed by atoms with Crippen molar-refractivity contribution in [3.05, 3.63) is 36.0 Å². The van der Waals surface area contributed by atoms with Crippen LogP contribution in [0.15, 0.2) is 30.5 Å². The highest BCUT2D eigenvalue weighted by atomic mass is 16.1. The van der Waals surface area contributed by atoms with E-state index in [0.717, 1.165) is 10.8 Å². The first-order valence-corrected chi connectivity index (χ1v) is 7.17. The van der Waals surface area contributed by atoms with Crippen LogP contribution < -0.4 is 16.6 Å². The van der Waals surface area contributed by atoms with Crippen LogP contribution in [0.2, 0.25) is 0 Å². The van der Waals surface area contributed by atoms with Gasteiger partial charge in [0.05, 0.1) is 5.56 Å². The molecule has 0 aliphatic carbocycles. The molecule has 21 heavy (non-hydrogen) atoms. The number of rotatable bonds is 5. The molecule has 0 spiro atoms. The average Bonchev–Trinajstić information content (AvgIpc) is 2.50. The summed E-state index contributed by atoms with van der Waals surface area (Å²) in [7, 11) is 0. The Hall–Kier alpha value is -2.14. The number of carbonyl (C=O) groups is 1. The zero-order chi connectivity index (χ0) is 15.4. The fourth-order valence-electron chi connectivity index (χ4n) is 2.07. The summed E-state index contributed by atoms with van der Waals surface area (Å²) in [6.45, 7) is 7.08. The van der Waals surface area contributed by atoms with E-state index in [2.05, 4.69) is 36.5 Å². The summed E-state index contributed by atoms with van der Waals surface area (Å²) in [5.41, 5.74) is 3.13. The van der Waals surface area contributed by atoms with Crippen molar-refractivity contribution < 1.29 is 4.79 Å². The fourth-order valence-corrected chi connectivity index (χ4v) is 2.07. The van der Waals surface area contributed by atoms with Crippen LogP contribution in [0.3, 0.4) is 0 Å². The molecule has 1 heterocycles. The summed E-state index contributed by atoms with van der Waals surface area (Å²) in [6, 6.07) is 7.59. The zero-order valence-electron chi connectivity index (χ0n) is 12.7. The SMILES string of the molecule is CC(C)C(C)CNC(=O)c1cnc(NN)c2ccccc12. The van der Waals surface area contributed by atoms with Gasteiger partial charge in [0, 0.05) is 18.1 Å². The number of nitrogens with one attached hydrogen (secondary N) is 2. The molecule has 1 unspecified atom stereocenters. The van der Waals surface area contributed by atoms with Gasteiger partial charge < -0.3 is 10.7 Å². The number of pyridine rings is 1. The minimum Gasteiger partial charge on any atom is -0.352 e. The molecule has 5 heteroatoms. The van der Waals surface area contributed by atoms with Crippen molar-refractivity contribution in [1.29, 1.82) is 0 Å². The Balaban J connectivity index is 2.28. The van der Waals surface area contributed by atoms with E-state index >= 15 is 0 Å². The largest absolute Gasteiger partial charge is 0.352 e. The second-order valence-electron chi connectivity index (χ2n) is 5.64. The molecule has 1 atom stereocenters. The molecule has 1 aromatic carbocycles. The maximum absolute atomic E-state index is 12.4. The number of anilines is 1. The number of amides is 1. The number of hydrazine groups is 1. The van der Waals surface area contributed by atoms with Gasteiger partial charge in [0.15, 0.2) is 0 Å². The van der Waals surface area contributed by atoms with E-state index in [1.165, 1.54) is 0 Å². The molecule has 0 bridgehead atoms. The quantitative estimate of drug-likeness (QED) is 0.583. The molecule has 2 aromatic rings. The van der Waals surface area contributed by atoms with Gasteiger partial charge in [-0.15, -0.1) is 0 Å². The summed E-state index contributed by atoms with van der Waals surface area (Å²) < 4.78 is 0. The molecule has 112 valence electrons. The maximum Gasteiger partial charge on any atom is 0.253 e. The highest BCUT2D eigenvalue weighted by molar-refractivity contribution is 6.09. The third-order valence-corrected chi connectivity index (χ3v) is 3.90. The van der Waals surface area contributed by atoms with Crippen molar-refractivity contribution in [1.82, 2.24) is 10.3 Å². The van der Waals surface area contributed by atoms with Gasteiger partial charge >= 0.3 is 0 Å². The predicted octanol–water partition coefficient (Wildman–Crippen LogP) is 2.54. The van der Waals surface area contributed by atoms with Crippen molar-refractivity contribution in [2.75, 3.05) is 12.0 Å². The maximum atomic E-state index is 12.4. The lowest BCUT2D eigenvalue weighted by atomic mass is 9.98. The molecule has 0 aliphatic heterocycles. The van der Waals surface area contributed by atoms with E-state index < -0.39 is 0 Å². The molecule has 4 N–H and O–H groups in total. The Bertz CT molecular complexity index is 639. The summed E-state index contributed by atoms with van der Waals surface area (Å²) in [5, 5.41) is 4.66.